The zero-order valence-corrected chi connectivity index (χ0v) is 11.7. The number of benzene rings is 1. The molecule has 0 fully saturated rings. The topological polar surface area (TPSA) is 24.7 Å². The third-order valence-corrected chi connectivity index (χ3v) is 2.85. The van der Waals surface area contributed by atoms with Crippen LogP contribution in [0.2, 0.25) is 0 Å². The first-order valence-corrected chi connectivity index (χ1v) is 7.08. The Bertz CT molecular complexity index is 373. The Labute approximate surface area is 111 Å². The average molecular weight is 244 g/mol. The van der Waals surface area contributed by atoms with Crippen molar-refractivity contribution in [3.05, 3.63) is 29.8 Å². The molecule has 0 spiro atoms. The Hall–Kier alpha value is -1.40. The predicted molar refractivity (Wildman–Crippen MR) is 79.0 cm³/mol. The van der Waals surface area contributed by atoms with Crippen LogP contribution in [-0.4, -0.2) is 12.6 Å². The monoisotopic (exact) mass is 244 g/mol. The molecule has 1 aromatic rings. The number of nitrogens with zero attached hydrogens (tertiary/aromatic N) is 2. The van der Waals surface area contributed by atoms with E-state index in [4.69, 9.17) is 0 Å². The molecule has 0 aromatic heterocycles. The Morgan fingerprint density at radius 1 is 0.944 bits per heavy atom. The molecule has 0 radical (unpaired) electrons. The third-order valence-electron chi connectivity index (χ3n) is 2.85. The van der Waals surface area contributed by atoms with Gasteiger partial charge in [0.05, 0.1) is 11.7 Å². The fraction of sp³-hybridized carbons (Fsp3) is 0.562. The van der Waals surface area contributed by atoms with Gasteiger partial charge in [-0.15, -0.1) is 0 Å². The lowest BCUT2D eigenvalue weighted by molar-refractivity contribution is 0.676. The molecule has 0 saturated carbocycles. The summed E-state index contributed by atoms with van der Waals surface area (Å²) in [4.78, 5) is 8.39. The molecule has 2 nitrogen and oxygen atoms in total. The van der Waals surface area contributed by atoms with Gasteiger partial charge in [0, 0.05) is 6.54 Å². The van der Waals surface area contributed by atoms with Crippen molar-refractivity contribution in [2.45, 2.75) is 52.4 Å². The number of hydrogen-bond donors (Lipinski definition) is 0. The number of unbranched alkanes of at least 4 members (excludes halogenated alkanes) is 3. The van der Waals surface area contributed by atoms with Crippen molar-refractivity contribution in [3.63, 3.8) is 0 Å². The first-order chi connectivity index (χ1) is 8.86. The highest BCUT2D eigenvalue weighted by Crippen LogP contribution is 2.13. The van der Waals surface area contributed by atoms with Crippen LogP contribution >= 0.6 is 0 Å². The Morgan fingerprint density at radius 2 is 1.72 bits per heavy atom. The van der Waals surface area contributed by atoms with Gasteiger partial charge in [0.1, 0.15) is 0 Å². The molecule has 0 amide bonds. The minimum atomic E-state index is 0.845. The van der Waals surface area contributed by atoms with Gasteiger partial charge in [-0.3, -0.25) is 0 Å². The lowest BCUT2D eigenvalue weighted by Gasteiger charge is -1.97. The minimum absolute atomic E-state index is 0.845. The van der Waals surface area contributed by atoms with Gasteiger partial charge in [-0.1, -0.05) is 51.7 Å². The number of aryl methyl sites for hydroxylation is 1. The van der Waals surface area contributed by atoms with Gasteiger partial charge in [-0.05, 0) is 30.5 Å². The minimum Gasteiger partial charge on any atom is -0.225 e. The highest BCUT2D eigenvalue weighted by molar-refractivity contribution is 5.52. The number of aliphatic imine (C=N–C) groups is 2. The van der Waals surface area contributed by atoms with Crippen LogP contribution < -0.4 is 0 Å². The van der Waals surface area contributed by atoms with E-state index in [1.165, 1.54) is 31.2 Å². The van der Waals surface area contributed by atoms with Gasteiger partial charge in [0.25, 0.3) is 0 Å². The highest BCUT2D eigenvalue weighted by Gasteiger charge is 1.91. The second-order valence-electron chi connectivity index (χ2n) is 4.57. The summed E-state index contributed by atoms with van der Waals surface area (Å²) in [6.07, 6.45) is 7.28. The van der Waals surface area contributed by atoms with Crippen LogP contribution in [0.3, 0.4) is 0 Å². The number of hydrogen-bond acceptors (Lipinski definition) is 2. The summed E-state index contributed by atoms with van der Waals surface area (Å²) in [7, 11) is 0. The highest BCUT2D eigenvalue weighted by atomic mass is 14.8. The van der Waals surface area contributed by atoms with Gasteiger partial charge >= 0.3 is 0 Å². The van der Waals surface area contributed by atoms with Crippen molar-refractivity contribution in [2.24, 2.45) is 9.98 Å². The maximum Gasteiger partial charge on any atom is 0.0948 e. The van der Waals surface area contributed by atoms with Crippen molar-refractivity contribution in [2.75, 3.05) is 6.54 Å². The predicted octanol–water partition coefficient (Wildman–Crippen LogP) is 5.02. The van der Waals surface area contributed by atoms with E-state index < -0.39 is 0 Å². The largest absolute Gasteiger partial charge is 0.225 e. The van der Waals surface area contributed by atoms with E-state index >= 15 is 0 Å². The van der Waals surface area contributed by atoms with Crippen LogP contribution in [0.4, 0.5) is 5.69 Å². The van der Waals surface area contributed by atoms with Crippen LogP contribution in [0.15, 0.2) is 34.3 Å². The maximum absolute atomic E-state index is 4.21. The van der Waals surface area contributed by atoms with Crippen LogP contribution in [0.5, 0.6) is 0 Å². The average Bonchev–Trinajstić information content (AvgIpc) is 2.40. The fourth-order valence-corrected chi connectivity index (χ4v) is 1.79. The quantitative estimate of drug-likeness (QED) is 0.453. The molecule has 0 saturated heterocycles. The van der Waals surface area contributed by atoms with E-state index in [2.05, 4.69) is 42.0 Å². The molecular formula is C16H24N2. The lowest BCUT2D eigenvalue weighted by Crippen LogP contribution is -1.81. The molecule has 0 aliphatic carbocycles. The van der Waals surface area contributed by atoms with E-state index in [1.54, 1.807) is 0 Å². The zero-order valence-electron chi connectivity index (χ0n) is 11.7. The second kappa shape index (κ2) is 9.61. The van der Waals surface area contributed by atoms with Crippen LogP contribution in [0, 0.1) is 0 Å². The summed E-state index contributed by atoms with van der Waals surface area (Å²) < 4.78 is 0. The summed E-state index contributed by atoms with van der Waals surface area (Å²) in [5.74, 6) is 0. The molecule has 0 aliphatic rings. The summed E-state index contributed by atoms with van der Waals surface area (Å²) in [6, 6.07) is 11.1. The number of rotatable bonds is 8. The Kier molecular flexibility index (Phi) is 7.83. The van der Waals surface area contributed by atoms with Gasteiger partial charge in [0.2, 0.25) is 0 Å². The van der Waals surface area contributed by atoms with Crippen molar-refractivity contribution in [1.82, 2.24) is 0 Å². The van der Waals surface area contributed by atoms with Gasteiger partial charge in [-0.25, -0.2) is 4.99 Å². The lowest BCUT2D eigenvalue weighted by atomic mass is 10.1. The molecule has 0 aliphatic heterocycles. The normalized spacial score (nSPS) is 9.89. The second-order valence-corrected chi connectivity index (χ2v) is 4.57. The molecule has 1 aromatic carbocycles. The van der Waals surface area contributed by atoms with Gasteiger partial charge in [-0.2, -0.15) is 4.99 Å². The molecule has 18 heavy (non-hydrogen) atoms. The third kappa shape index (κ3) is 6.36. The molecule has 0 unspecified atom stereocenters. The molecule has 0 atom stereocenters. The van der Waals surface area contributed by atoms with E-state index in [9.17, 15) is 0 Å². The van der Waals surface area contributed by atoms with Crippen molar-refractivity contribution < 1.29 is 0 Å². The first-order valence-electron chi connectivity index (χ1n) is 7.08. The molecule has 0 heterocycles. The SMILES string of the molecule is CCCCCCN=C=Nc1ccc(CCC)cc1. The van der Waals surface area contributed by atoms with E-state index in [0.717, 1.165) is 25.1 Å². The maximum atomic E-state index is 4.21. The van der Waals surface area contributed by atoms with Crippen LogP contribution in [0.1, 0.15) is 51.5 Å². The fourth-order valence-electron chi connectivity index (χ4n) is 1.79. The van der Waals surface area contributed by atoms with Gasteiger partial charge < -0.3 is 0 Å². The Morgan fingerprint density at radius 3 is 2.39 bits per heavy atom. The molecule has 2 heteroatoms. The summed E-state index contributed by atoms with van der Waals surface area (Å²) in [6.45, 7) is 5.25. The molecule has 0 bridgehead atoms. The zero-order chi connectivity index (χ0) is 13.1. The Balaban J connectivity index is 2.34. The van der Waals surface area contributed by atoms with E-state index in [0.29, 0.717) is 0 Å². The van der Waals surface area contributed by atoms with Crippen molar-refractivity contribution in [3.8, 4) is 0 Å². The smallest absolute Gasteiger partial charge is 0.0948 e. The molecule has 1 rings (SSSR count). The molecule has 0 N–H and O–H groups in total. The summed E-state index contributed by atoms with van der Waals surface area (Å²) in [5.41, 5.74) is 2.31. The van der Waals surface area contributed by atoms with Crippen molar-refractivity contribution >= 4 is 11.7 Å². The standard InChI is InChI=1S/C16H24N2/c1-3-5-6-7-13-17-14-18-16-11-9-15(8-4-2)10-12-16/h9-12H,3-8,13H2,1-2H3. The molecular weight excluding hydrogens is 220 g/mol. The van der Waals surface area contributed by atoms with Crippen LogP contribution in [0.25, 0.3) is 0 Å². The van der Waals surface area contributed by atoms with E-state index in [-0.39, 0.29) is 0 Å². The van der Waals surface area contributed by atoms with Crippen molar-refractivity contribution in [1.29, 1.82) is 0 Å². The van der Waals surface area contributed by atoms with Crippen LogP contribution in [-0.2, 0) is 6.42 Å². The molecule has 98 valence electrons. The van der Waals surface area contributed by atoms with E-state index in [1.807, 2.05) is 12.1 Å². The summed E-state index contributed by atoms with van der Waals surface area (Å²) in [5, 5.41) is 0. The first kappa shape index (κ1) is 14.7. The van der Waals surface area contributed by atoms with Gasteiger partial charge in [0.15, 0.2) is 0 Å². The summed E-state index contributed by atoms with van der Waals surface area (Å²) >= 11 is 0.